The molecule has 0 aliphatic rings. The van der Waals surface area contributed by atoms with Gasteiger partial charge in [-0.25, -0.2) is 0 Å². The van der Waals surface area contributed by atoms with Crippen LogP contribution < -0.4 is 9.80 Å². The minimum Gasteiger partial charge on any atom is -0.310 e. The van der Waals surface area contributed by atoms with Crippen LogP contribution in [0.1, 0.15) is 0 Å². The largest absolute Gasteiger partial charge is 0.310 e. The fourth-order valence-corrected chi connectivity index (χ4v) is 14.6. The second-order valence-corrected chi connectivity index (χ2v) is 22.7. The number of rotatable bonds is 10. The van der Waals surface area contributed by atoms with Gasteiger partial charge in [0, 0.05) is 104 Å². The van der Waals surface area contributed by atoms with Gasteiger partial charge in [-0.1, -0.05) is 164 Å². The molecule has 0 bridgehead atoms. The Balaban J connectivity index is 0.937. The van der Waals surface area contributed by atoms with E-state index >= 15 is 0 Å². The first-order chi connectivity index (χ1) is 41.7. The molecule has 84 heavy (non-hydrogen) atoms. The van der Waals surface area contributed by atoms with Crippen molar-refractivity contribution in [1.29, 1.82) is 0 Å². The average molecular weight is 1090 g/mol. The lowest BCUT2D eigenvalue weighted by Crippen LogP contribution is -2.13. The van der Waals surface area contributed by atoms with Crippen LogP contribution in [0.4, 0.5) is 34.1 Å². The summed E-state index contributed by atoms with van der Waals surface area (Å²) in [4.78, 5) is 4.89. The monoisotopic (exact) mass is 1090 g/mol. The van der Waals surface area contributed by atoms with Gasteiger partial charge in [-0.15, -0.1) is 11.3 Å². The zero-order valence-corrected chi connectivity index (χ0v) is 46.4. The predicted octanol–water partition coefficient (Wildman–Crippen LogP) is 22.0. The summed E-state index contributed by atoms with van der Waals surface area (Å²) >= 11 is 1.89. The Kier molecular flexibility index (Phi) is 11.0. The SMILES string of the molecule is c1ccc(N(c2cc(-c3ccc4c5c6sc7ccccc7c6ccc5n(-c5ccccc5)c4c3)cc(N(c3ccccc3)c3ccc4c(c3)c3ccccc3n4-c3ccccc3)c2)c2ccc3c(c2)c2ccccc2n3-c2ccccc2)cc1. The van der Waals surface area contributed by atoms with Gasteiger partial charge in [0.2, 0.25) is 0 Å². The predicted molar refractivity (Wildman–Crippen MR) is 357 cm³/mol. The Morgan fingerprint density at radius 2 is 0.643 bits per heavy atom. The number of nitrogens with zero attached hydrogens (tertiary/aromatic N) is 5. The van der Waals surface area contributed by atoms with Crippen LogP contribution in [0, 0.1) is 0 Å². The van der Waals surface area contributed by atoms with Crippen LogP contribution in [0.15, 0.2) is 309 Å². The number of anilines is 6. The lowest BCUT2D eigenvalue weighted by molar-refractivity contribution is 1.18. The number of aromatic nitrogens is 3. The molecule has 0 N–H and O–H groups in total. The highest BCUT2D eigenvalue weighted by molar-refractivity contribution is 7.26. The summed E-state index contributed by atoms with van der Waals surface area (Å²) < 4.78 is 9.87. The van der Waals surface area contributed by atoms with E-state index in [0.717, 1.165) is 78.9 Å². The molecule has 6 heteroatoms. The molecule has 0 fully saturated rings. The smallest absolute Gasteiger partial charge is 0.0555 e. The van der Waals surface area contributed by atoms with E-state index in [9.17, 15) is 0 Å². The van der Waals surface area contributed by atoms with Crippen molar-refractivity contribution in [2.75, 3.05) is 9.80 Å². The molecule has 0 spiro atoms. The Bertz CT molecular complexity index is 5150. The summed E-state index contributed by atoms with van der Waals surface area (Å²) in [6, 6.07) is 113. The van der Waals surface area contributed by atoms with Gasteiger partial charge in [0.25, 0.3) is 0 Å². The highest BCUT2D eigenvalue weighted by atomic mass is 32.1. The van der Waals surface area contributed by atoms with Crippen LogP contribution in [0.25, 0.3) is 114 Å². The van der Waals surface area contributed by atoms with Gasteiger partial charge in [-0.3, -0.25) is 0 Å². The van der Waals surface area contributed by atoms with Crippen molar-refractivity contribution >= 4 is 131 Å². The second kappa shape index (κ2) is 19.4. The zero-order valence-electron chi connectivity index (χ0n) is 45.6. The number of para-hydroxylation sites is 7. The van der Waals surface area contributed by atoms with Crippen molar-refractivity contribution in [2.24, 2.45) is 0 Å². The summed E-state index contributed by atoms with van der Waals surface area (Å²) in [5.41, 5.74) is 18.9. The number of hydrogen-bond donors (Lipinski definition) is 0. The normalized spacial score (nSPS) is 11.8. The Morgan fingerprint density at radius 3 is 1.17 bits per heavy atom. The van der Waals surface area contributed by atoms with E-state index in [1.54, 1.807) is 0 Å². The van der Waals surface area contributed by atoms with E-state index in [1.807, 2.05) is 11.3 Å². The third-order valence-electron chi connectivity index (χ3n) is 16.9. The topological polar surface area (TPSA) is 21.3 Å². The fourth-order valence-electron chi connectivity index (χ4n) is 13.3. The minimum atomic E-state index is 1.03. The van der Waals surface area contributed by atoms with Crippen molar-refractivity contribution in [3.05, 3.63) is 309 Å². The van der Waals surface area contributed by atoms with E-state index in [-0.39, 0.29) is 0 Å². The standard InChI is InChI=1S/C78H51N5S/c1-6-22-54(23-7-1)79(59-39-43-72-68(50-59)63-32-16-19-35-70(63)81(72)56-26-10-3-11-27-56)61-46-53(52-38-41-67-75(48-52)83(58-30-14-5-15-31-58)74-45-42-66-65-34-18-21-37-76(65)84-78(66)77(67)74)47-62(49-61)80(55-24-8-2-9-25-55)60-40-44-73-69(51-60)64-33-17-20-36-71(64)82(73)57-28-12-4-13-29-57/h1-51H. The molecular weight excluding hydrogens is 1040 g/mol. The van der Waals surface area contributed by atoms with E-state index < -0.39 is 0 Å². The first-order valence-electron chi connectivity index (χ1n) is 28.7. The summed E-state index contributed by atoms with van der Waals surface area (Å²) in [6.07, 6.45) is 0. The van der Waals surface area contributed by atoms with Crippen LogP contribution in [0.5, 0.6) is 0 Å². The molecule has 0 aliphatic heterocycles. The zero-order chi connectivity index (χ0) is 55.2. The second-order valence-electron chi connectivity index (χ2n) is 21.7. The minimum absolute atomic E-state index is 1.03. The molecule has 0 aliphatic carbocycles. The van der Waals surface area contributed by atoms with Crippen LogP contribution in [0.3, 0.4) is 0 Å². The van der Waals surface area contributed by atoms with Crippen LogP contribution >= 0.6 is 11.3 Å². The Hall–Kier alpha value is -10.9. The number of hydrogen-bond acceptors (Lipinski definition) is 3. The molecule has 0 unspecified atom stereocenters. The molecule has 0 saturated carbocycles. The summed E-state index contributed by atoms with van der Waals surface area (Å²) in [5.74, 6) is 0. The molecule has 0 saturated heterocycles. The van der Waals surface area contributed by atoms with E-state index in [4.69, 9.17) is 0 Å². The third kappa shape index (κ3) is 7.62. The summed E-state index contributed by atoms with van der Waals surface area (Å²) in [7, 11) is 0. The van der Waals surface area contributed by atoms with Crippen molar-refractivity contribution in [3.8, 4) is 28.2 Å². The molecule has 13 aromatic carbocycles. The molecule has 5 nitrogen and oxygen atoms in total. The van der Waals surface area contributed by atoms with E-state index in [2.05, 4.69) is 333 Å². The molecular formula is C78H51N5S. The van der Waals surface area contributed by atoms with Gasteiger partial charge in [-0.2, -0.15) is 0 Å². The maximum Gasteiger partial charge on any atom is 0.0555 e. The van der Waals surface area contributed by atoms with E-state index in [1.165, 1.54) is 69.0 Å². The molecule has 0 amide bonds. The first-order valence-corrected chi connectivity index (χ1v) is 29.5. The molecule has 0 atom stereocenters. The van der Waals surface area contributed by atoms with Crippen LogP contribution in [-0.4, -0.2) is 13.7 Å². The molecule has 394 valence electrons. The van der Waals surface area contributed by atoms with Crippen molar-refractivity contribution in [2.45, 2.75) is 0 Å². The van der Waals surface area contributed by atoms with Gasteiger partial charge >= 0.3 is 0 Å². The van der Waals surface area contributed by atoms with Crippen molar-refractivity contribution in [1.82, 2.24) is 13.7 Å². The van der Waals surface area contributed by atoms with Gasteiger partial charge in [0.1, 0.15) is 0 Å². The fraction of sp³-hybridized carbons (Fsp3) is 0. The highest BCUT2D eigenvalue weighted by Gasteiger charge is 2.24. The lowest BCUT2D eigenvalue weighted by atomic mass is 10.00. The first kappa shape index (κ1) is 47.8. The number of benzene rings is 13. The molecule has 4 heterocycles. The quantitative estimate of drug-likeness (QED) is 0.136. The summed E-state index contributed by atoms with van der Waals surface area (Å²) in [5, 5.41) is 9.89. The third-order valence-corrected chi connectivity index (χ3v) is 18.1. The van der Waals surface area contributed by atoms with Crippen molar-refractivity contribution in [3.63, 3.8) is 0 Å². The molecule has 0 radical (unpaired) electrons. The van der Waals surface area contributed by atoms with Crippen molar-refractivity contribution < 1.29 is 0 Å². The van der Waals surface area contributed by atoms with Gasteiger partial charge in [0.15, 0.2) is 0 Å². The molecule has 17 rings (SSSR count). The van der Waals surface area contributed by atoms with E-state index in [0.29, 0.717) is 0 Å². The number of thiophene rings is 1. The lowest BCUT2D eigenvalue weighted by Gasteiger charge is -2.30. The van der Waals surface area contributed by atoms with Crippen LogP contribution in [0.2, 0.25) is 0 Å². The highest BCUT2D eigenvalue weighted by Crippen LogP contribution is 2.48. The molecule has 17 aromatic rings. The maximum atomic E-state index is 2.47. The summed E-state index contributed by atoms with van der Waals surface area (Å²) in [6.45, 7) is 0. The van der Waals surface area contributed by atoms with Gasteiger partial charge in [-0.05, 0) is 157 Å². The van der Waals surface area contributed by atoms with Crippen LogP contribution in [-0.2, 0) is 0 Å². The van der Waals surface area contributed by atoms with Gasteiger partial charge in [0.05, 0.1) is 33.1 Å². The Labute approximate surface area is 489 Å². The molecule has 4 aromatic heterocycles. The Morgan fingerprint density at radius 1 is 0.226 bits per heavy atom. The maximum absolute atomic E-state index is 2.47. The van der Waals surface area contributed by atoms with Gasteiger partial charge < -0.3 is 23.5 Å². The average Bonchev–Trinajstić information content (AvgIpc) is 4.11. The number of fused-ring (bicyclic) bond motifs is 13.